The van der Waals surface area contributed by atoms with Crippen molar-refractivity contribution in [2.75, 3.05) is 13.1 Å². The van der Waals surface area contributed by atoms with Gasteiger partial charge in [0.05, 0.1) is 24.4 Å². The van der Waals surface area contributed by atoms with Crippen LogP contribution in [-0.4, -0.2) is 49.9 Å². The number of aromatic nitrogens is 4. The molecule has 2 aromatic rings. The maximum absolute atomic E-state index is 12.5. The Kier molecular flexibility index (Phi) is 6.17. The molecule has 1 saturated heterocycles. The Bertz CT molecular complexity index is 697. The number of ether oxygens (including phenoxy) is 1. The number of amides is 2. The molecule has 0 saturated carbocycles. The molecule has 0 aromatic carbocycles. The lowest BCUT2D eigenvalue weighted by atomic mass is 10.1. The maximum Gasteiger partial charge on any atom is 0.317 e. The molecule has 1 aliphatic heterocycles. The van der Waals surface area contributed by atoms with E-state index in [0.717, 1.165) is 30.9 Å². The van der Waals surface area contributed by atoms with E-state index in [2.05, 4.69) is 20.5 Å². The molecule has 1 fully saturated rings. The van der Waals surface area contributed by atoms with E-state index < -0.39 is 0 Å². The molecular weight excluding hydrogens is 332 g/mol. The average Bonchev–Trinajstić information content (AvgIpc) is 3.16. The topological polar surface area (TPSA) is 85.2 Å². The van der Waals surface area contributed by atoms with Crippen LogP contribution in [0.4, 0.5) is 4.79 Å². The van der Waals surface area contributed by atoms with E-state index in [-0.39, 0.29) is 18.2 Å². The lowest BCUT2D eigenvalue weighted by Gasteiger charge is -2.32. The Morgan fingerprint density at radius 3 is 2.88 bits per heavy atom. The van der Waals surface area contributed by atoms with Gasteiger partial charge in [0.25, 0.3) is 0 Å². The van der Waals surface area contributed by atoms with E-state index in [1.807, 2.05) is 41.5 Å². The Balaban J connectivity index is 1.43. The van der Waals surface area contributed by atoms with Crippen molar-refractivity contribution in [2.24, 2.45) is 0 Å². The minimum Gasteiger partial charge on any atom is -0.372 e. The molecule has 3 heterocycles. The Morgan fingerprint density at radius 2 is 2.19 bits per heavy atom. The highest BCUT2D eigenvalue weighted by Gasteiger charge is 2.25. The number of aryl methyl sites for hydroxylation is 1. The summed E-state index contributed by atoms with van der Waals surface area (Å²) in [5.74, 6) is 0.773. The maximum atomic E-state index is 12.5. The third-order valence-electron chi connectivity index (χ3n) is 4.64. The van der Waals surface area contributed by atoms with Crippen LogP contribution in [-0.2, 0) is 17.9 Å². The molecule has 140 valence electrons. The summed E-state index contributed by atoms with van der Waals surface area (Å²) in [6.07, 6.45) is 5.29. The van der Waals surface area contributed by atoms with Crippen LogP contribution in [0.1, 0.15) is 44.2 Å². The predicted molar refractivity (Wildman–Crippen MR) is 96.3 cm³/mol. The number of piperidine rings is 1. The average molecular weight is 358 g/mol. The van der Waals surface area contributed by atoms with E-state index in [9.17, 15) is 4.79 Å². The molecule has 8 heteroatoms. The van der Waals surface area contributed by atoms with Crippen molar-refractivity contribution in [3.8, 4) is 0 Å². The second-order valence-electron chi connectivity index (χ2n) is 6.46. The summed E-state index contributed by atoms with van der Waals surface area (Å²) in [5, 5.41) is 11.0. The first-order valence-electron chi connectivity index (χ1n) is 9.12. The number of hydrogen-bond donors (Lipinski definition) is 1. The van der Waals surface area contributed by atoms with Crippen LogP contribution in [0.5, 0.6) is 0 Å². The standard InChI is InChI=1S/C18H26N6O2/c1-3-23-13-20-22-17(23)14(2)21-18(25)24-10-7-16(8-11-24)26-12-15-6-4-5-9-19-15/h4-6,9,13-14,16H,3,7-8,10-12H2,1-2H3,(H,21,25). The van der Waals surface area contributed by atoms with Gasteiger partial charge in [-0.2, -0.15) is 0 Å². The zero-order valence-electron chi connectivity index (χ0n) is 15.3. The number of urea groups is 1. The van der Waals surface area contributed by atoms with Gasteiger partial charge in [0, 0.05) is 25.8 Å². The Hall–Kier alpha value is -2.48. The molecule has 0 bridgehead atoms. The highest BCUT2D eigenvalue weighted by atomic mass is 16.5. The summed E-state index contributed by atoms with van der Waals surface area (Å²) >= 11 is 0. The predicted octanol–water partition coefficient (Wildman–Crippen LogP) is 2.14. The van der Waals surface area contributed by atoms with Crippen LogP contribution >= 0.6 is 0 Å². The second kappa shape index (κ2) is 8.75. The highest BCUT2D eigenvalue weighted by Crippen LogP contribution is 2.16. The van der Waals surface area contributed by atoms with Crippen LogP contribution in [0.25, 0.3) is 0 Å². The van der Waals surface area contributed by atoms with Gasteiger partial charge in [-0.05, 0) is 38.8 Å². The Morgan fingerprint density at radius 1 is 1.38 bits per heavy atom. The van der Waals surface area contributed by atoms with Crippen molar-refractivity contribution < 1.29 is 9.53 Å². The van der Waals surface area contributed by atoms with Crippen molar-refractivity contribution in [3.05, 3.63) is 42.2 Å². The molecule has 2 amide bonds. The summed E-state index contributed by atoms with van der Waals surface area (Å²) < 4.78 is 7.86. The molecule has 1 N–H and O–H groups in total. The van der Waals surface area contributed by atoms with E-state index in [1.165, 1.54) is 0 Å². The molecule has 2 aromatic heterocycles. The van der Waals surface area contributed by atoms with Gasteiger partial charge in [-0.25, -0.2) is 4.79 Å². The number of carbonyl (C=O) groups excluding carboxylic acids is 1. The normalized spacial score (nSPS) is 16.5. The van der Waals surface area contributed by atoms with Gasteiger partial charge in [-0.3, -0.25) is 4.98 Å². The lowest BCUT2D eigenvalue weighted by molar-refractivity contribution is 0.00291. The Labute approximate surface area is 153 Å². The molecule has 1 unspecified atom stereocenters. The first-order valence-corrected chi connectivity index (χ1v) is 9.12. The molecular formula is C18H26N6O2. The fraction of sp³-hybridized carbons (Fsp3) is 0.556. The van der Waals surface area contributed by atoms with Gasteiger partial charge in [-0.1, -0.05) is 6.07 Å². The smallest absolute Gasteiger partial charge is 0.317 e. The van der Waals surface area contributed by atoms with Crippen molar-refractivity contribution >= 4 is 6.03 Å². The van der Waals surface area contributed by atoms with Crippen LogP contribution < -0.4 is 5.32 Å². The van der Waals surface area contributed by atoms with Crippen LogP contribution in [0.15, 0.2) is 30.7 Å². The van der Waals surface area contributed by atoms with E-state index in [1.54, 1.807) is 12.5 Å². The summed E-state index contributed by atoms with van der Waals surface area (Å²) in [6.45, 7) is 6.62. The first-order chi connectivity index (χ1) is 12.7. The molecule has 0 spiro atoms. The van der Waals surface area contributed by atoms with Crippen molar-refractivity contribution in [1.29, 1.82) is 0 Å². The molecule has 26 heavy (non-hydrogen) atoms. The number of pyridine rings is 1. The molecule has 8 nitrogen and oxygen atoms in total. The van der Waals surface area contributed by atoms with Gasteiger partial charge < -0.3 is 19.5 Å². The second-order valence-corrected chi connectivity index (χ2v) is 6.46. The molecule has 1 aliphatic rings. The van der Waals surface area contributed by atoms with Gasteiger partial charge in [0.2, 0.25) is 0 Å². The van der Waals surface area contributed by atoms with Crippen molar-refractivity contribution in [2.45, 2.75) is 52.0 Å². The SMILES string of the molecule is CCn1cnnc1C(C)NC(=O)N1CCC(OCc2ccccn2)CC1. The third kappa shape index (κ3) is 4.57. The van der Waals surface area contributed by atoms with E-state index in [4.69, 9.17) is 4.74 Å². The molecule has 3 rings (SSSR count). The highest BCUT2D eigenvalue weighted by molar-refractivity contribution is 5.74. The quantitative estimate of drug-likeness (QED) is 0.855. The molecule has 0 aliphatic carbocycles. The number of likely N-dealkylation sites (tertiary alicyclic amines) is 1. The van der Waals surface area contributed by atoms with Crippen LogP contribution in [0, 0.1) is 0 Å². The summed E-state index contributed by atoms with van der Waals surface area (Å²) in [4.78, 5) is 18.6. The third-order valence-corrected chi connectivity index (χ3v) is 4.64. The van der Waals surface area contributed by atoms with Gasteiger partial charge in [0.15, 0.2) is 5.82 Å². The molecule has 0 radical (unpaired) electrons. The fourth-order valence-corrected chi connectivity index (χ4v) is 3.10. The number of carbonyl (C=O) groups is 1. The summed E-state index contributed by atoms with van der Waals surface area (Å²) in [7, 11) is 0. The number of nitrogens with zero attached hydrogens (tertiary/aromatic N) is 5. The minimum atomic E-state index is -0.178. The summed E-state index contributed by atoms with van der Waals surface area (Å²) in [6, 6.07) is 5.57. The zero-order chi connectivity index (χ0) is 18.4. The zero-order valence-corrected chi connectivity index (χ0v) is 15.3. The van der Waals surface area contributed by atoms with E-state index >= 15 is 0 Å². The largest absolute Gasteiger partial charge is 0.372 e. The number of rotatable bonds is 6. The minimum absolute atomic E-state index is 0.0636. The van der Waals surface area contributed by atoms with Crippen LogP contribution in [0.2, 0.25) is 0 Å². The van der Waals surface area contributed by atoms with Gasteiger partial charge in [0.1, 0.15) is 6.33 Å². The summed E-state index contributed by atoms with van der Waals surface area (Å²) in [5.41, 5.74) is 0.932. The van der Waals surface area contributed by atoms with Gasteiger partial charge >= 0.3 is 6.03 Å². The van der Waals surface area contributed by atoms with Crippen molar-refractivity contribution in [3.63, 3.8) is 0 Å². The van der Waals surface area contributed by atoms with E-state index in [0.29, 0.717) is 19.7 Å². The number of hydrogen-bond acceptors (Lipinski definition) is 5. The lowest BCUT2D eigenvalue weighted by Crippen LogP contribution is -2.46. The monoisotopic (exact) mass is 358 g/mol. The first kappa shape index (κ1) is 18.3. The fourth-order valence-electron chi connectivity index (χ4n) is 3.10. The van der Waals surface area contributed by atoms with Gasteiger partial charge in [-0.15, -0.1) is 10.2 Å². The van der Waals surface area contributed by atoms with Crippen LogP contribution in [0.3, 0.4) is 0 Å². The van der Waals surface area contributed by atoms with Crippen molar-refractivity contribution in [1.82, 2.24) is 30.0 Å². The molecule has 1 atom stereocenters. The number of nitrogens with one attached hydrogen (secondary N) is 1.